The average molecular weight is 275 g/mol. The lowest BCUT2D eigenvalue weighted by Gasteiger charge is -2.17. The fourth-order valence-electron chi connectivity index (χ4n) is 1.49. The summed E-state index contributed by atoms with van der Waals surface area (Å²) in [6.45, 7) is 0. The molecule has 18 heavy (non-hydrogen) atoms. The standard InChI is InChI=1S/C10H11ClN2O5/c11-5-2-1-3-6(13(17)18)9(5)10(16)7(14)4-8(12)15/h1-3,7,10,14,16H,4H2,(H2,12,15). The number of carbonyl (C=O) groups excluding carboxylic acids is 1. The Labute approximate surface area is 107 Å². The van der Waals surface area contributed by atoms with Crippen molar-refractivity contribution in [1.82, 2.24) is 0 Å². The van der Waals surface area contributed by atoms with Crippen molar-refractivity contribution in [3.8, 4) is 0 Å². The first-order valence-electron chi connectivity index (χ1n) is 4.91. The fraction of sp³-hybridized carbons (Fsp3) is 0.300. The SMILES string of the molecule is NC(=O)CC(O)C(O)c1c(Cl)cccc1[N+](=O)[O-]. The number of benzene rings is 1. The Morgan fingerprint density at radius 2 is 2.11 bits per heavy atom. The maximum atomic E-state index is 10.8. The highest BCUT2D eigenvalue weighted by atomic mass is 35.5. The third kappa shape index (κ3) is 3.16. The van der Waals surface area contributed by atoms with Crippen LogP contribution in [0.2, 0.25) is 5.02 Å². The van der Waals surface area contributed by atoms with Crippen LogP contribution >= 0.6 is 11.6 Å². The predicted octanol–water partition coefficient (Wildman–Crippen LogP) is 0.518. The van der Waals surface area contributed by atoms with E-state index < -0.39 is 35.1 Å². The van der Waals surface area contributed by atoms with Gasteiger partial charge in [0.1, 0.15) is 6.10 Å². The van der Waals surface area contributed by atoms with Crippen LogP contribution in [-0.2, 0) is 4.79 Å². The highest BCUT2D eigenvalue weighted by Gasteiger charge is 2.29. The maximum absolute atomic E-state index is 10.8. The molecule has 0 saturated heterocycles. The monoisotopic (exact) mass is 274 g/mol. The van der Waals surface area contributed by atoms with Crippen molar-refractivity contribution in [2.24, 2.45) is 5.73 Å². The third-order valence-corrected chi connectivity index (χ3v) is 2.63. The fourth-order valence-corrected chi connectivity index (χ4v) is 1.77. The molecule has 98 valence electrons. The summed E-state index contributed by atoms with van der Waals surface area (Å²) in [5, 5.41) is 30.1. The number of rotatable bonds is 5. The van der Waals surface area contributed by atoms with Crippen LogP contribution in [-0.4, -0.2) is 27.1 Å². The van der Waals surface area contributed by atoms with E-state index in [4.69, 9.17) is 17.3 Å². The van der Waals surface area contributed by atoms with Crippen molar-refractivity contribution in [3.63, 3.8) is 0 Å². The van der Waals surface area contributed by atoms with E-state index in [1.54, 1.807) is 0 Å². The topological polar surface area (TPSA) is 127 Å². The average Bonchev–Trinajstić information content (AvgIpc) is 2.26. The number of hydrogen-bond donors (Lipinski definition) is 3. The van der Waals surface area contributed by atoms with E-state index in [-0.39, 0.29) is 10.6 Å². The van der Waals surface area contributed by atoms with Crippen LogP contribution in [0.5, 0.6) is 0 Å². The Kier molecular flexibility index (Phi) is 4.60. The van der Waals surface area contributed by atoms with Gasteiger partial charge in [0.2, 0.25) is 5.91 Å². The molecule has 0 aliphatic rings. The molecule has 0 bridgehead atoms. The molecule has 0 saturated carbocycles. The van der Waals surface area contributed by atoms with Crippen molar-refractivity contribution in [3.05, 3.63) is 38.9 Å². The van der Waals surface area contributed by atoms with Crippen LogP contribution in [0.4, 0.5) is 5.69 Å². The zero-order valence-corrected chi connectivity index (χ0v) is 9.87. The quantitative estimate of drug-likeness (QED) is 0.533. The molecule has 1 aromatic carbocycles. The minimum atomic E-state index is -1.66. The Bertz CT molecular complexity index is 479. The second kappa shape index (κ2) is 5.76. The molecule has 1 amide bonds. The van der Waals surface area contributed by atoms with Crippen LogP contribution in [0, 0.1) is 10.1 Å². The molecule has 1 aromatic rings. The molecule has 0 aliphatic carbocycles. The predicted molar refractivity (Wildman–Crippen MR) is 62.9 cm³/mol. The third-order valence-electron chi connectivity index (χ3n) is 2.30. The number of primary amides is 1. The number of nitro benzene ring substituents is 1. The van der Waals surface area contributed by atoms with Gasteiger partial charge in [-0.3, -0.25) is 14.9 Å². The highest BCUT2D eigenvalue weighted by Crippen LogP contribution is 2.34. The van der Waals surface area contributed by atoms with Crippen LogP contribution in [0.25, 0.3) is 0 Å². The van der Waals surface area contributed by atoms with Gasteiger partial charge in [-0.25, -0.2) is 0 Å². The molecule has 0 spiro atoms. The lowest BCUT2D eigenvalue weighted by molar-refractivity contribution is -0.386. The first-order valence-corrected chi connectivity index (χ1v) is 5.29. The van der Waals surface area contributed by atoms with Crippen LogP contribution in [0.1, 0.15) is 18.1 Å². The zero-order chi connectivity index (χ0) is 13.9. The first kappa shape index (κ1) is 14.4. The lowest BCUT2D eigenvalue weighted by Crippen LogP contribution is -2.26. The molecular weight excluding hydrogens is 264 g/mol. The molecular formula is C10H11ClN2O5. The molecule has 0 aliphatic heterocycles. The van der Waals surface area contributed by atoms with Gasteiger partial charge >= 0.3 is 0 Å². The largest absolute Gasteiger partial charge is 0.390 e. The number of aliphatic hydroxyl groups is 2. The van der Waals surface area contributed by atoms with Gasteiger partial charge in [-0.15, -0.1) is 0 Å². The Balaban J connectivity index is 3.15. The number of hydrogen-bond acceptors (Lipinski definition) is 5. The lowest BCUT2D eigenvalue weighted by atomic mass is 10.00. The van der Waals surface area contributed by atoms with Crippen molar-refractivity contribution in [2.45, 2.75) is 18.6 Å². The Morgan fingerprint density at radius 3 is 2.61 bits per heavy atom. The number of halogens is 1. The van der Waals surface area contributed by atoms with Gasteiger partial charge in [0.25, 0.3) is 5.69 Å². The molecule has 8 heteroatoms. The molecule has 1 rings (SSSR count). The summed E-state index contributed by atoms with van der Waals surface area (Å²) in [5.74, 6) is -0.837. The van der Waals surface area contributed by atoms with Crippen LogP contribution in [0.15, 0.2) is 18.2 Å². The second-order valence-electron chi connectivity index (χ2n) is 3.61. The van der Waals surface area contributed by atoms with Crippen molar-refractivity contribution in [1.29, 1.82) is 0 Å². The molecule has 0 fully saturated rings. The summed E-state index contributed by atoms with van der Waals surface area (Å²) in [6, 6.07) is 3.82. The minimum absolute atomic E-state index is 0.0692. The molecule has 0 heterocycles. The summed E-state index contributed by atoms with van der Waals surface area (Å²) >= 11 is 5.76. The van der Waals surface area contributed by atoms with Gasteiger partial charge in [-0.05, 0) is 6.07 Å². The van der Waals surface area contributed by atoms with Crippen molar-refractivity contribution < 1.29 is 19.9 Å². The number of aliphatic hydroxyl groups excluding tert-OH is 2. The van der Waals surface area contributed by atoms with Gasteiger partial charge in [-0.2, -0.15) is 0 Å². The summed E-state index contributed by atoms with van der Waals surface area (Å²) in [5.41, 5.74) is 4.20. The van der Waals surface area contributed by atoms with Crippen LogP contribution < -0.4 is 5.73 Å². The van der Waals surface area contributed by atoms with Crippen molar-refractivity contribution in [2.75, 3.05) is 0 Å². The molecule has 2 atom stereocenters. The summed E-state index contributed by atoms with van der Waals surface area (Å²) < 4.78 is 0. The first-order chi connectivity index (χ1) is 8.34. The number of carbonyl (C=O) groups is 1. The summed E-state index contributed by atoms with van der Waals surface area (Å²) in [6.07, 6.45) is -3.74. The molecule has 2 unspecified atom stereocenters. The highest BCUT2D eigenvalue weighted by molar-refractivity contribution is 6.31. The summed E-state index contributed by atoms with van der Waals surface area (Å²) in [7, 11) is 0. The van der Waals surface area contributed by atoms with Gasteiger partial charge < -0.3 is 15.9 Å². The van der Waals surface area contributed by atoms with E-state index >= 15 is 0 Å². The molecule has 0 radical (unpaired) electrons. The number of nitrogens with zero attached hydrogens (tertiary/aromatic N) is 1. The number of nitrogens with two attached hydrogens (primary N) is 1. The normalized spacial score (nSPS) is 13.9. The molecule has 4 N–H and O–H groups in total. The second-order valence-corrected chi connectivity index (χ2v) is 4.02. The molecule has 7 nitrogen and oxygen atoms in total. The van der Waals surface area contributed by atoms with Gasteiger partial charge in [0.15, 0.2) is 0 Å². The van der Waals surface area contributed by atoms with E-state index in [2.05, 4.69) is 0 Å². The Hall–Kier alpha value is -1.70. The van der Waals surface area contributed by atoms with Gasteiger partial charge in [0, 0.05) is 6.07 Å². The summed E-state index contributed by atoms with van der Waals surface area (Å²) in [4.78, 5) is 20.7. The van der Waals surface area contributed by atoms with Crippen LogP contribution in [0.3, 0.4) is 0 Å². The zero-order valence-electron chi connectivity index (χ0n) is 9.12. The number of amides is 1. The van der Waals surface area contributed by atoms with E-state index in [0.717, 1.165) is 6.07 Å². The van der Waals surface area contributed by atoms with E-state index in [0.29, 0.717) is 0 Å². The van der Waals surface area contributed by atoms with Gasteiger partial charge in [0.05, 0.1) is 28.0 Å². The van der Waals surface area contributed by atoms with E-state index in [1.807, 2.05) is 0 Å². The molecule has 0 aromatic heterocycles. The number of nitro groups is 1. The Morgan fingerprint density at radius 1 is 1.50 bits per heavy atom. The maximum Gasteiger partial charge on any atom is 0.276 e. The van der Waals surface area contributed by atoms with E-state index in [9.17, 15) is 25.1 Å². The smallest absolute Gasteiger partial charge is 0.276 e. The van der Waals surface area contributed by atoms with Crippen molar-refractivity contribution >= 4 is 23.2 Å². The van der Waals surface area contributed by atoms with E-state index in [1.165, 1.54) is 12.1 Å². The minimum Gasteiger partial charge on any atom is -0.390 e. The van der Waals surface area contributed by atoms with Gasteiger partial charge in [-0.1, -0.05) is 17.7 Å².